The van der Waals surface area contributed by atoms with Gasteiger partial charge in [-0.05, 0) is 35.7 Å². The van der Waals surface area contributed by atoms with Crippen molar-refractivity contribution < 1.29 is 9.53 Å². The Labute approximate surface area is 152 Å². The fourth-order valence-corrected chi connectivity index (χ4v) is 2.43. The molecule has 0 aliphatic carbocycles. The summed E-state index contributed by atoms with van der Waals surface area (Å²) in [6.45, 7) is 5.08. The molecule has 128 valence electrons. The molecule has 1 atom stereocenters. The van der Waals surface area contributed by atoms with Crippen LogP contribution in [0.15, 0.2) is 42.6 Å². The molecule has 0 radical (unpaired) electrons. The topological polar surface area (TPSA) is 51.2 Å². The van der Waals surface area contributed by atoms with Crippen LogP contribution in [-0.4, -0.2) is 24.0 Å². The number of ether oxygens (including phenoxy) is 1. The van der Waals surface area contributed by atoms with E-state index in [-0.39, 0.29) is 17.2 Å². The van der Waals surface area contributed by atoms with E-state index >= 15 is 0 Å². The van der Waals surface area contributed by atoms with Gasteiger partial charge in [0.1, 0.15) is 5.15 Å². The number of nitrogens with one attached hydrogen (secondary N) is 1. The van der Waals surface area contributed by atoms with Crippen molar-refractivity contribution in [2.24, 2.45) is 5.92 Å². The molecule has 4 nitrogen and oxygen atoms in total. The molecule has 2 rings (SSSR count). The van der Waals surface area contributed by atoms with Crippen LogP contribution in [0, 0.1) is 5.92 Å². The number of benzene rings is 1. The predicted octanol–water partition coefficient (Wildman–Crippen LogP) is 4.53. The van der Waals surface area contributed by atoms with Crippen molar-refractivity contribution in [2.45, 2.75) is 20.0 Å². The van der Waals surface area contributed by atoms with Crippen molar-refractivity contribution >= 4 is 29.1 Å². The van der Waals surface area contributed by atoms with Crippen LogP contribution < -0.4 is 5.32 Å². The molecule has 1 N–H and O–H groups in total. The van der Waals surface area contributed by atoms with Gasteiger partial charge in [0.05, 0.1) is 11.7 Å². The Bertz CT molecular complexity index is 675. The minimum atomic E-state index is -0.278. The van der Waals surface area contributed by atoms with Gasteiger partial charge in [-0.2, -0.15) is 0 Å². The highest BCUT2D eigenvalue weighted by Gasteiger charge is 2.16. The number of rotatable bonds is 7. The largest absolute Gasteiger partial charge is 0.371 e. The molecule has 1 amide bonds. The van der Waals surface area contributed by atoms with Crippen LogP contribution in [0.1, 0.15) is 35.9 Å². The average molecular weight is 367 g/mol. The van der Waals surface area contributed by atoms with Crippen LogP contribution in [0.4, 0.5) is 0 Å². The van der Waals surface area contributed by atoms with E-state index in [1.54, 1.807) is 18.3 Å². The number of nitrogens with zero attached hydrogens (tertiary/aromatic N) is 1. The van der Waals surface area contributed by atoms with E-state index in [9.17, 15) is 4.79 Å². The van der Waals surface area contributed by atoms with Crippen LogP contribution in [0.2, 0.25) is 10.2 Å². The first-order valence-corrected chi connectivity index (χ1v) is 8.48. The van der Waals surface area contributed by atoms with Gasteiger partial charge in [-0.1, -0.05) is 49.2 Å². The van der Waals surface area contributed by atoms with Gasteiger partial charge in [0.2, 0.25) is 0 Å². The summed E-state index contributed by atoms with van der Waals surface area (Å²) in [6.07, 6.45) is 1.28. The van der Waals surface area contributed by atoms with E-state index in [1.165, 1.54) is 0 Å². The standard InChI is InChI=1S/C18H20Cl2N2O2/c1-12(2)11-24-16(13-5-7-14(19)8-6-13)10-22-18(23)15-4-3-9-21-17(15)20/h3-9,12,16H,10-11H2,1-2H3,(H,22,23)/t16-/m0/s1. The number of halogens is 2. The summed E-state index contributed by atoms with van der Waals surface area (Å²) >= 11 is 11.9. The van der Waals surface area contributed by atoms with Gasteiger partial charge < -0.3 is 10.1 Å². The highest BCUT2D eigenvalue weighted by atomic mass is 35.5. The molecule has 0 unspecified atom stereocenters. The van der Waals surface area contributed by atoms with Crippen LogP contribution >= 0.6 is 23.2 Å². The molecule has 0 saturated heterocycles. The fourth-order valence-electron chi connectivity index (χ4n) is 2.10. The van der Waals surface area contributed by atoms with E-state index in [0.29, 0.717) is 29.7 Å². The molecule has 24 heavy (non-hydrogen) atoms. The quantitative estimate of drug-likeness (QED) is 0.732. The first-order valence-electron chi connectivity index (χ1n) is 7.73. The molecule has 0 aliphatic rings. The fraction of sp³-hybridized carbons (Fsp3) is 0.333. The van der Waals surface area contributed by atoms with Gasteiger partial charge in [0.25, 0.3) is 5.91 Å². The lowest BCUT2D eigenvalue weighted by Gasteiger charge is -2.20. The summed E-state index contributed by atoms with van der Waals surface area (Å²) in [5.74, 6) is 0.114. The van der Waals surface area contributed by atoms with E-state index < -0.39 is 0 Å². The molecule has 2 aromatic rings. The molecule has 6 heteroatoms. The van der Waals surface area contributed by atoms with Crippen LogP contribution in [-0.2, 0) is 4.74 Å². The average Bonchev–Trinajstić information content (AvgIpc) is 2.56. The summed E-state index contributed by atoms with van der Waals surface area (Å²) in [7, 11) is 0. The minimum Gasteiger partial charge on any atom is -0.371 e. The Hall–Kier alpha value is -1.62. The normalized spacial score (nSPS) is 12.2. The highest BCUT2D eigenvalue weighted by molar-refractivity contribution is 6.32. The van der Waals surface area contributed by atoms with E-state index in [4.69, 9.17) is 27.9 Å². The Morgan fingerprint density at radius 1 is 1.21 bits per heavy atom. The number of hydrogen-bond acceptors (Lipinski definition) is 3. The van der Waals surface area contributed by atoms with E-state index in [0.717, 1.165) is 5.56 Å². The summed E-state index contributed by atoms with van der Waals surface area (Å²) < 4.78 is 5.94. The maximum atomic E-state index is 12.3. The zero-order chi connectivity index (χ0) is 17.5. The zero-order valence-corrected chi connectivity index (χ0v) is 15.1. The number of amides is 1. The number of hydrogen-bond donors (Lipinski definition) is 1. The van der Waals surface area contributed by atoms with Crippen molar-refractivity contribution in [3.63, 3.8) is 0 Å². The van der Waals surface area contributed by atoms with Crippen molar-refractivity contribution in [3.8, 4) is 0 Å². The van der Waals surface area contributed by atoms with Gasteiger partial charge in [0, 0.05) is 24.4 Å². The number of carbonyl (C=O) groups is 1. The second-order valence-electron chi connectivity index (χ2n) is 5.82. The Morgan fingerprint density at radius 2 is 1.92 bits per heavy atom. The minimum absolute atomic E-state index is 0.182. The molecule has 0 aliphatic heterocycles. The summed E-state index contributed by atoms with van der Waals surface area (Å²) in [6, 6.07) is 10.7. The highest BCUT2D eigenvalue weighted by Crippen LogP contribution is 2.21. The smallest absolute Gasteiger partial charge is 0.254 e. The van der Waals surface area contributed by atoms with Gasteiger partial charge in [-0.15, -0.1) is 0 Å². The molecule has 0 saturated carbocycles. The lowest BCUT2D eigenvalue weighted by molar-refractivity contribution is 0.0343. The molecule has 1 aromatic carbocycles. The first-order chi connectivity index (χ1) is 11.5. The lowest BCUT2D eigenvalue weighted by Crippen LogP contribution is -2.30. The van der Waals surface area contributed by atoms with Crippen molar-refractivity contribution in [1.82, 2.24) is 10.3 Å². The Balaban J connectivity index is 2.06. The molecule has 1 heterocycles. The number of pyridine rings is 1. The van der Waals surface area contributed by atoms with Crippen molar-refractivity contribution in [1.29, 1.82) is 0 Å². The molecule has 0 fully saturated rings. The Kier molecular flexibility index (Phi) is 7.03. The van der Waals surface area contributed by atoms with Crippen molar-refractivity contribution in [2.75, 3.05) is 13.2 Å². The summed E-state index contributed by atoms with van der Waals surface area (Å²) in [5, 5.41) is 3.70. The molecule has 0 bridgehead atoms. The monoisotopic (exact) mass is 366 g/mol. The second kappa shape index (κ2) is 9.02. The Morgan fingerprint density at radius 3 is 2.54 bits per heavy atom. The molecular formula is C18H20Cl2N2O2. The van der Waals surface area contributed by atoms with E-state index in [1.807, 2.05) is 24.3 Å². The maximum absolute atomic E-state index is 12.3. The molecule has 1 aromatic heterocycles. The second-order valence-corrected chi connectivity index (χ2v) is 6.61. The zero-order valence-electron chi connectivity index (χ0n) is 13.6. The molecular weight excluding hydrogens is 347 g/mol. The van der Waals surface area contributed by atoms with Gasteiger partial charge >= 0.3 is 0 Å². The third-order valence-electron chi connectivity index (χ3n) is 3.32. The van der Waals surface area contributed by atoms with Crippen LogP contribution in [0.3, 0.4) is 0 Å². The number of carbonyl (C=O) groups excluding carboxylic acids is 1. The lowest BCUT2D eigenvalue weighted by atomic mass is 10.1. The van der Waals surface area contributed by atoms with Crippen LogP contribution in [0.25, 0.3) is 0 Å². The molecule has 0 spiro atoms. The van der Waals surface area contributed by atoms with Crippen molar-refractivity contribution in [3.05, 3.63) is 63.9 Å². The van der Waals surface area contributed by atoms with Gasteiger partial charge in [-0.3, -0.25) is 4.79 Å². The first kappa shape index (κ1) is 18.7. The predicted molar refractivity (Wildman–Crippen MR) is 96.6 cm³/mol. The third-order valence-corrected chi connectivity index (χ3v) is 3.88. The SMILES string of the molecule is CC(C)CO[C@@H](CNC(=O)c1cccnc1Cl)c1ccc(Cl)cc1. The number of aromatic nitrogens is 1. The summed E-state index contributed by atoms with van der Waals surface area (Å²) in [4.78, 5) is 16.2. The van der Waals surface area contributed by atoms with Gasteiger partial charge in [-0.25, -0.2) is 4.98 Å². The van der Waals surface area contributed by atoms with Crippen LogP contribution in [0.5, 0.6) is 0 Å². The summed E-state index contributed by atoms with van der Waals surface area (Å²) in [5.41, 5.74) is 1.30. The maximum Gasteiger partial charge on any atom is 0.254 e. The van der Waals surface area contributed by atoms with Gasteiger partial charge in [0.15, 0.2) is 0 Å². The van der Waals surface area contributed by atoms with E-state index in [2.05, 4.69) is 24.1 Å². The third kappa shape index (κ3) is 5.48.